The molecule has 2 heterocycles. The minimum absolute atomic E-state index is 0.0659. The van der Waals surface area contributed by atoms with Gasteiger partial charge in [0.15, 0.2) is 0 Å². The fraction of sp³-hybridized carbons (Fsp3) is 0.276. The molecule has 37 heavy (non-hydrogen) atoms. The van der Waals surface area contributed by atoms with Crippen molar-refractivity contribution in [3.05, 3.63) is 88.3 Å². The van der Waals surface area contributed by atoms with E-state index in [1.807, 2.05) is 42.6 Å². The van der Waals surface area contributed by atoms with Crippen LogP contribution in [0.15, 0.2) is 60.9 Å². The molecule has 0 fully saturated rings. The Balaban J connectivity index is 1.43. The number of benzene rings is 2. The molecule has 5 rings (SSSR count). The van der Waals surface area contributed by atoms with Crippen LogP contribution in [0.25, 0.3) is 22.3 Å². The molecule has 0 saturated heterocycles. The number of aromatic nitrogens is 3. The van der Waals surface area contributed by atoms with E-state index in [1.165, 1.54) is 5.56 Å². The number of fused-ring (bicyclic) bond motifs is 2. The van der Waals surface area contributed by atoms with Crippen LogP contribution < -0.4 is 5.32 Å². The molecule has 7 nitrogen and oxygen atoms in total. The van der Waals surface area contributed by atoms with Gasteiger partial charge in [-0.1, -0.05) is 23.7 Å². The number of unbranched alkanes of at least 4 members (excludes halogenated alkanes) is 1. The van der Waals surface area contributed by atoms with E-state index in [4.69, 9.17) is 26.7 Å². The number of amides is 1. The molecule has 1 aliphatic carbocycles. The minimum Gasteiger partial charge on any atom is -0.481 e. The third-order valence-electron chi connectivity index (χ3n) is 6.74. The summed E-state index contributed by atoms with van der Waals surface area (Å²) in [5.74, 6) is -0.968. The third kappa shape index (κ3) is 5.78. The SMILES string of the molecule is O=C(O)CCCCc1nc2cc(C(=O)N[C@@H]3CCCc4ccncc43)ccc2nc1-c1ccc(Cl)cc1. The summed E-state index contributed by atoms with van der Waals surface area (Å²) in [6.07, 6.45) is 8.45. The zero-order chi connectivity index (χ0) is 25.8. The molecule has 0 radical (unpaired) electrons. The van der Waals surface area contributed by atoms with Gasteiger partial charge in [-0.05, 0) is 86.1 Å². The molecule has 2 aromatic carbocycles. The van der Waals surface area contributed by atoms with Crippen molar-refractivity contribution in [2.75, 3.05) is 0 Å². The van der Waals surface area contributed by atoms with Crippen LogP contribution in [0, 0.1) is 0 Å². The molecule has 1 atom stereocenters. The Morgan fingerprint density at radius 1 is 1.03 bits per heavy atom. The number of carbonyl (C=O) groups excluding carboxylic acids is 1. The number of pyridine rings is 1. The summed E-state index contributed by atoms with van der Waals surface area (Å²) >= 11 is 6.08. The van der Waals surface area contributed by atoms with Crippen molar-refractivity contribution in [2.45, 2.75) is 51.0 Å². The van der Waals surface area contributed by atoms with Crippen LogP contribution in [0.4, 0.5) is 0 Å². The average molecular weight is 515 g/mol. The molecule has 2 N–H and O–H groups in total. The van der Waals surface area contributed by atoms with Gasteiger partial charge in [0, 0.05) is 35.0 Å². The van der Waals surface area contributed by atoms with Crippen LogP contribution in [-0.2, 0) is 17.6 Å². The molecule has 1 amide bonds. The maximum absolute atomic E-state index is 13.2. The largest absolute Gasteiger partial charge is 0.481 e. The number of nitrogens with zero attached hydrogens (tertiary/aromatic N) is 3. The Morgan fingerprint density at radius 3 is 2.68 bits per heavy atom. The van der Waals surface area contributed by atoms with Crippen molar-refractivity contribution in [3.8, 4) is 11.3 Å². The Hall–Kier alpha value is -3.84. The van der Waals surface area contributed by atoms with Gasteiger partial charge in [0.2, 0.25) is 0 Å². The van der Waals surface area contributed by atoms with Gasteiger partial charge < -0.3 is 10.4 Å². The molecule has 4 aromatic rings. The topological polar surface area (TPSA) is 105 Å². The first-order valence-corrected chi connectivity index (χ1v) is 12.9. The second kappa shape index (κ2) is 11.0. The number of hydrogen-bond donors (Lipinski definition) is 2. The van der Waals surface area contributed by atoms with Crippen LogP contribution in [-0.4, -0.2) is 31.9 Å². The summed E-state index contributed by atoms with van der Waals surface area (Å²) < 4.78 is 0. The van der Waals surface area contributed by atoms with Crippen molar-refractivity contribution in [3.63, 3.8) is 0 Å². The number of rotatable bonds is 8. The molecular weight excluding hydrogens is 488 g/mol. The number of carbonyl (C=O) groups is 2. The maximum atomic E-state index is 13.2. The first-order chi connectivity index (χ1) is 18.0. The fourth-order valence-corrected chi connectivity index (χ4v) is 4.96. The zero-order valence-electron chi connectivity index (χ0n) is 20.3. The van der Waals surface area contributed by atoms with Gasteiger partial charge in [0.1, 0.15) is 0 Å². The van der Waals surface area contributed by atoms with E-state index in [1.54, 1.807) is 18.3 Å². The van der Waals surface area contributed by atoms with Crippen molar-refractivity contribution in [1.29, 1.82) is 0 Å². The normalized spacial score (nSPS) is 14.8. The second-order valence-electron chi connectivity index (χ2n) is 9.32. The number of hydrogen-bond acceptors (Lipinski definition) is 5. The van der Waals surface area contributed by atoms with Gasteiger partial charge in [0.25, 0.3) is 5.91 Å². The minimum atomic E-state index is -0.811. The summed E-state index contributed by atoms with van der Waals surface area (Å²) in [5.41, 5.74) is 6.55. The quantitative estimate of drug-likeness (QED) is 0.281. The van der Waals surface area contributed by atoms with Crippen LogP contribution in [0.5, 0.6) is 0 Å². The molecule has 188 valence electrons. The molecule has 0 aliphatic heterocycles. The molecule has 0 spiro atoms. The molecule has 0 unspecified atom stereocenters. The summed E-state index contributed by atoms with van der Waals surface area (Å²) in [5, 5.41) is 12.8. The van der Waals surface area contributed by atoms with Crippen LogP contribution >= 0.6 is 11.6 Å². The maximum Gasteiger partial charge on any atom is 0.303 e. The summed E-state index contributed by atoms with van der Waals surface area (Å²) in [6, 6.07) is 14.7. The third-order valence-corrected chi connectivity index (χ3v) is 6.99. The Labute approximate surface area is 220 Å². The summed E-state index contributed by atoms with van der Waals surface area (Å²) in [6.45, 7) is 0. The standard InChI is InChI=1S/C29H27ClN4O3/c30-21-11-8-19(9-12-21)28-25(5-1-2-7-27(35)36)32-26-16-20(10-13-24(26)33-28)29(37)34-23-6-3-4-18-14-15-31-17-22(18)23/h8-17,23H,1-7H2,(H,34,37)(H,35,36)/t23-/m1/s1. The first kappa shape index (κ1) is 24.8. The predicted octanol–water partition coefficient (Wildman–Crippen LogP) is 5.95. The van der Waals surface area contributed by atoms with E-state index in [9.17, 15) is 9.59 Å². The van der Waals surface area contributed by atoms with Crippen molar-refractivity contribution >= 4 is 34.5 Å². The van der Waals surface area contributed by atoms with Gasteiger partial charge >= 0.3 is 5.97 Å². The number of aryl methyl sites for hydroxylation is 2. The van der Waals surface area contributed by atoms with Gasteiger partial charge in [-0.25, -0.2) is 9.97 Å². The van der Waals surface area contributed by atoms with Crippen molar-refractivity contribution in [1.82, 2.24) is 20.3 Å². The zero-order valence-corrected chi connectivity index (χ0v) is 21.0. The smallest absolute Gasteiger partial charge is 0.303 e. The van der Waals surface area contributed by atoms with E-state index in [-0.39, 0.29) is 18.4 Å². The van der Waals surface area contributed by atoms with Crippen LogP contribution in [0.3, 0.4) is 0 Å². The highest BCUT2D eigenvalue weighted by Gasteiger charge is 2.23. The van der Waals surface area contributed by atoms with E-state index in [0.29, 0.717) is 40.9 Å². The molecule has 0 saturated carbocycles. The lowest BCUT2D eigenvalue weighted by Crippen LogP contribution is -2.31. The fourth-order valence-electron chi connectivity index (χ4n) is 4.83. The second-order valence-corrected chi connectivity index (χ2v) is 9.76. The van der Waals surface area contributed by atoms with E-state index in [2.05, 4.69) is 10.3 Å². The lowest BCUT2D eigenvalue weighted by Gasteiger charge is -2.25. The average Bonchev–Trinajstić information content (AvgIpc) is 2.91. The highest BCUT2D eigenvalue weighted by Crippen LogP contribution is 2.30. The Kier molecular flexibility index (Phi) is 7.42. The highest BCUT2D eigenvalue weighted by molar-refractivity contribution is 6.30. The van der Waals surface area contributed by atoms with Crippen LogP contribution in [0.1, 0.15) is 65.3 Å². The van der Waals surface area contributed by atoms with Gasteiger partial charge in [-0.3, -0.25) is 14.6 Å². The first-order valence-electron chi connectivity index (χ1n) is 12.5. The lowest BCUT2D eigenvalue weighted by atomic mass is 9.89. The van der Waals surface area contributed by atoms with Crippen molar-refractivity contribution < 1.29 is 14.7 Å². The van der Waals surface area contributed by atoms with Gasteiger partial charge in [-0.15, -0.1) is 0 Å². The predicted molar refractivity (Wildman–Crippen MR) is 143 cm³/mol. The Bertz CT molecular complexity index is 1460. The van der Waals surface area contributed by atoms with Gasteiger partial charge in [0.05, 0.1) is 28.5 Å². The summed E-state index contributed by atoms with van der Waals surface area (Å²) in [4.78, 5) is 38.1. The number of carboxylic acids is 1. The van der Waals surface area contributed by atoms with Gasteiger partial charge in [-0.2, -0.15) is 0 Å². The molecule has 0 bridgehead atoms. The van der Waals surface area contributed by atoms with Crippen molar-refractivity contribution in [2.24, 2.45) is 0 Å². The number of halogens is 1. The number of carboxylic acid groups (broad SMARTS) is 1. The Morgan fingerprint density at radius 2 is 1.86 bits per heavy atom. The highest BCUT2D eigenvalue weighted by atomic mass is 35.5. The van der Waals surface area contributed by atoms with E-state index < -0.39 is 5.97 Å². The number of aliphatic carboxylic acids is 1. The van der Waals surface area contributed by atoms with E-state index in [0.717, 1.165) is 41.8 Å². The molecule has 2 aromatic heterocycles. The van der Waals surface area contributed by atoms with Crippen LogP contribution in [0.2, 0.25) is 5.02 Å². The lowest BCUT2D eigenvalue weighted by molar-refractivity contribution is -0.137. The molecule has 8 heteroatoms. The summed E-state index contributed by atoms with van der Waals surface area (Å²) in [7, 11) is 0. The monoisotopic (exact) mass is 514 g/mol. The molecule has 1 aliphatic rings. The molecular formula is C29H27ClN4O3. The van der Waals surface area contributed by atoms with E-state index >= 15 is 0 Å². The number of nitrogens with one attached hydrogen (secondary N) is 1.